The number of nitrogens with zero attached hydrogens (tertiary/aromatic N) is 1. The average molecular weight is 460 g/mol. The number of anilines is 1. The second-order valence-corrected chi connectivity index (χ2v) is 8.62. The van der Waals surface area contributed by atoms with E-state index in [0.717, 1.165) is 10.9 Å². The summed E-state index contributed by atoms with van der Waals surface area (Å²) in [5, 5.41) is 6.60. The third kappa shape index (κ3) is 4.82. The van der Waals surface area contributed by atoms with Crippen molar-refractivity contribution in [3.8, 4) is 0 Å². The number of pyridine rings is 1. The number of amides is 2. The molecule has 4 aromatic rings. The SMILES string of the molecule is CC(C)(C(=O)NCC(N)c1ccc(C(=O)Nc2ccnc3[nH]ccc23)cc1)c1ccc(F)cc1. The second kappa shape index (κ2) is 9.44. The summed E-state index contributed by atoms with van der Waals surface area (Å²) in [5.41, 5.74) is 8.78. The Kier molecular flexibility index (Phi) is 6.43. The van der Waals surface area contributed by atoms with Gasteiger partial charge in [0.05, 0.1) is 11.1 Å². The molecule has 2 aromatic carbocycles. The van der Waals surface area contributed by atoms with Crippen molar-refractivity contribution in [2.75, 3.05) is 11.9 Å². The van der Waals surface area contributed by atoms with Gasteiger partial charge in [0.1, 0.15) is 11.5 Å². The molecule has 7 nitrogen and oxygen atoms in total. The average Bonchev–Trinajstić information content (AvgIpc) is 3.32. The maximum atomic E-state index is 13.2. The van der Waals surface area contributed by atoms with Crippen LogP contribution < -0.4 is 16.4 Å². The van der Waals surface area contributed by atoms with Gasteiger partial charge in [-0.05, 0) is 61.4 Å². The van der Waals surface area contributed by atoms with Gasteiger partial charge in [-0.25, -0.2) is 9.37 Å². The van der Waals surface area contributed by atoms with Crippen LogP contribution in [0.3, 0.4) is 0 Å². The molecule has 174 valence electrons. The van der Waals surface area contributed by atoms with Crippen LogP contribution in [0.25, 0.3) is 11.0 Å². The van der Waals surface area contributed by atoms with Gasteiger partial charge in [-0.2, -0.15) is 0 Å². The highest BCUT2D eigenvalue weighted by molar-refractivity contribution is 6.08. The van der Waals surface area contributed by atoms with Crippen LogP contribution in [0, 0.1) is 5.82 Å². The van der Waals surface area contributed by atoms with E-state index in [1.165, 1.54) is 12.1 Å². The molecule has 1 unspecified atom stereocenters. The molecule has 8 heteroatoms. The molecule has 0 saturated carbocycles. The zero-order chi connectivity index (χ0) is 24.3. The lowest BCUT2D eigenvalue weighted by molar-refractivity contribution is -0.125. The summed E-state index contributed by atoms with van der Waals surface area (Å²) in [4.78, 5) is 32.7. The third-order valence-corrected chi connectivity index (χ3v) is 5.93. The Balaban J connectivity index is 1.36. The minimum Gasteiger partial charge on any atom is -0.353 e. The van der Waals surface area contributed by atoms with Crippen molar-refractivity contribution in [2.45, 2.75) is 25.3 Å². The van der Waals surface area contributed by atoms with Crippen LogP contribution in [0.4, 0.5) is 10.1 Å². The number of rotatable bonds is 7. The van der Waals surface area contributed by atoms with Crippen molar-refractivity contribution in [3.05, 3.63) is 95.6 Å². The minimum atomic E-state index is -0.840. The van der Waals surface area contributed by atoms with Crippen LogP contribution >= 0.6 is 0 Å². The van der Waals surface area contributed by atoms with Crippen LogP contribution in [-0.2, 0) is 10.2 Å². The third-order valence-electron chi connectivity index (χ3n) is 5.93. The van der Waals surface area contributed by atoms with Crippen LogP contribution in [0.2, 0.25) is 0 Å². The molecule has 5 N–H and O–H groups in total. The molecule has 0 bridgehead atoms. The second-order valence-electron chi connectivity index (χ2n) is 8.62. The van der Waals surface area contributed by atoms with Crippen molar-refractivity contribution in [1.29, 1.82) is 0 Å². The largest absolute Gasteiger partial charge is 0.353 e. The van der Waals surface area contributed by atoms with Gasteiger partial charge < -0.3 is 21.4 Å². The Bertz CT molecular complexity index is 1310. The van der Waals surface area contributed by atoms with Crippen molar-refractivity contribution in [1.82, 2.24) is 15.3 Å². The molecule has 2 aromatic heterocycles. The quantitative estimate of drug-likeness (QED) is 0.334. The molecular weight excluding hydrogens is 433 g/mol. The van der Waals surface area contributed by atoms with Crippen molar-refractivity contribution >= 4 is 28.5 Å². The zero-order valence-corrected chi connectivity index (χ0v) is 18.9. The lowest BCUT2D eigenvalue weighted by atomic mass is 9.83. The Labute approximate surface area is 196 Å². The summed E-state index contributed by atoms with van der Waals surface area (Å²) in [6.07, 6.45) is 3.39. The Hall–Kier alpha value is -4.04. The van der Waals surface area contributed by atoms with Crippen molar-refractivity contribution in [2.24, 2.45) is 5.73 Å². The van der Waals surface area contributed by atoms with E-state index in [0.29, 0.717) is 22.5 Å². The molecule has 0 aliphatic rings. The summed E-state index contributed by atoms with van der Waals surface area (Å²) >= 11 is 0. The number of carbonyl (C=O) groups excluding carboxylic acids is 2. The van der Waals surface area contributed by atoms with E-state index < -0.39 is 11.5 Å². The summed E-state index contributed by atoms with van der Waals surface area (Å²) in [5.74, 6) is -0.806. The topological polar surface area (TPSA) is 113 Å². The number of hydrogen-bond acceptors (Lipinski definition) is 4. The van der Waals surface area contributed by atoms with Crippen LogP contribution in [-0.4, -0.2) is 28.3 Å². The van der Waals surface area contributed by atoms with Gasteiger partial charge in [0, 0.05) is 35.9 Å². The molecule has 2 heterocycles. The molecule has 0 aliphatic heterocycles. The number of nitrogens with two attached hydrogens (primary N) is 1. The predicted octanol–water partition coefficient (Wildman–Crippen LogP) is 4.05. The number of hydrogen-bond donors (Lipinski definition) is 4. The summed E-state index contributed by atoms with van der Waals surface area (Å²) in [7, 11) is 0. The first kappa shape index (κ1) is 23.1. The van der Waals surface area contributed by atoms with E-state index >= 15 is 0 Å². The Morgan fingerprint density at radius 1 is 1.06 bits per heavy atom. The molecule has 0 fully saturated rings. The summed E-state index contributed by atoms with van der Waals surface area (Å²) < 4.78 is 13.2. The number of aromatic nitrogens is 2. The van der Waals surface area contributed by atoms with E-state index in [1.807, 2.05) is 6.07 Å². The van der Waals surface area contributed by atoms with Gasteiger partial charge in [-0.3, -0.25) is 9.59 Å². The van der Waals surface area contributed by atoms with Crippen molar-refractivity contribution < 1.29 is 14.0 Å². The smallest absolute Gasteiger partial charge is 0.255 e. The van der Waals surface area contributed by atoms with Gasteiger partial charge in [-0.1, -0.05) is 24.3 Å². The first-order chi connectivity index (χ1) is 16.3. The van der Waals surface area contributed by atoms with Gasteiger partial charge in [0.2, 0.25) is 5.91 Å². The first-order valence-corrected chi connectivity index (χ1v) is 10.9. The number of aromatic amines is 1. The number of H-pyrrole nitrogens is 1. The lowest BCUT2D eigenvalue weighted by Crippen LogP contribution is -2.42. The standard InChI is InChI=1S/C26H26FN5O2/c1-26(2,18-7-9-19(27)10-8-18)25(34)31-15-21(28)16-3-5-17(6-4-16)24(33)32-22-12-14-30-23-20(22)11-13-29-23/h3-14,21H,15,28H2,1-2H3,(H,31,34)(H2,29,30,32,33). The number of halogens is 1. The summed E-state index contributed by atoms with van der Waals surface area (Å²) in [6.45, 7) is 3.77. The highest BCUT2D eigenvalue weighted by Gasteiger charge is 2.30. The molecular formula is C26H26FN5O2. The fourth-order valence-electron chi connectivity index (χ4n) is 3.69. The number of fused-ring (bicyclic) bond motifs is 1. The maximum Gasteiger partial charge on any atom is 0.255 e. The Morgan fingerprint density at radius 3 is 2.47 bits per heavy atom. The Morgan fingerprint density at radius 2 is 1.76 bits per heavy atom. The number of benzene rings is 2. The number of carbonyl (C=O) groups is 2. The van der Waals surface area contributed by atoms with Crippen LogP contribution in [0.5, 0.6) is 0 Å². The molecule has 0 spiro atoms. The van der Waals surface area contributed by atoms with E-state index in [-0.39, 0.29) is 24.2 Å². The van der Waals surface area contributed by atoms with E-state index in [1.54, 1.807) is 68.7 Å². The van der Waals surface area contributed by atoms with E-state index in [4.69, 9.17) is 5.73 Å². The van der Waals surface area contributed by atoms with Crippen LogP contribution in [0.15, 0.2) is 73.1 Å². The lowest BCUT2D eigenvalue weighted by Gasteiger charge is -2.25. The van der Waals surface area contributed by atoms with Gasteiger partial charge >= 0.3 is 0 Å². The fraction of sp³-hybridized carbons (Fsp3) is 0.192. The summed E-state index contributed by atoms with van der Waals surface area (Å²) in [6, 6.07) is 16.0. The van der Waals surface area contributed by atoms with Gasteiger partial charge in [0.15, 0.2) is 0 Å². The first-order valence-electron chi connectivity index (χ1n) is 10.9. The highest BCUT2D eigenvalue weighted by atomic mass is 19.1. The minimum absolute atomic E-state index is 0.209. The fourth-order valence-corrected chi connectivity index (χ4v) is 3.69. The monoisotopic (exact) mass is 459 g/mol. The molecule has 2 amide bonds. The van der Waals surface area contributed by atoms with E-state index in [9.17, 15) is 14.0 Å². The normalized spacial score (nSPS) is 12.4. The van der Waals surface area contributed by atoms with E-state index in [2.05, 4.69) is 20.6 Å². The molecule has 34 heavy (non-hydrogen) atoms. The van der Waals surface area contributed by atoms with Crippen molar-refractivity contribution in [3.63, 3.8) is 0 Å². The molecule has 0 radical (unpaired) electrons. The van der Waals surface area contributed by atoms with Crippen LogP contribution in [0.1, 0.15) is 41.4 Å². The van der Waals surface area contributed by atoms with Gasteiger partial charge in [-0.15, -0.1) is 0 Å². The zero-order valence-electron chi connectivity index (χ0n) is 18.9. The molecule has 1 atom stereocenters. The molecule has 0 aliphatic carbocycles. The molecule has 4 rings (SSSR count). The van der Waals surface area contributed by atoms with Gasteiger partial charge in [0.25, 0.3) is 5.91 Å². The maximum absolute atomic E-state index is 13.2. The number of nitrogens with one attached hydrogen (secondary N) is 3. The highest BCUT2D eigenvalue weighted by Crippen LogP contribution is 2.24. The molecule has 0 saturated heterocycles. The predicted molar refractivity (Wildman–Crippen MR) is 130 cm³/mol.